The molecule has 44 heavy (non-hydrogen) atoms. The second kappa shape index (κ2) is 14.4. The average Bonchev–Trinajstić information content (AvgIpc) is 3.50. The summed E-state index contributed by atoms with van der Waals surface area (Å²) in [4.78, 5) is 32.1. The minimum absolute atomic E-state index is 0.0371. The number of aromatic nitrogens is 2. The van der Waals surface area contributed by atoms with Gasteiger partial charge in [0.1, 0.15) is 29.9 Å². The molecule has 0 radical (unpaired) electrons. The largest absolute Gasteiger partial charge is 0.481 e. The Labute approximate surface area is 266 Å². The van der Waals surface area contributed by atoms with Crippen molar-refractivity contribution in [2.75, 3.05) is 42.2 Å². The third-order valence-electron chi connectivity index (χ3n) is 7.25. The molecule has 0 unspecified atom stereocenters. The van der Waals surface area contributed by atoms with Crippen molar-refractivity contribution < 1.29 is 23.5 Å². The molecule has 0 saturated carbocycles. The lowest BCUT2D eigenvalue weighted by atomic mass is 9.92. The van der Waals surface area contributed by atoms with E-state index in [1.165, 1.54) is 28.6 Å². The molecule has 0 bridgehead atoms. The fourth-order valence-corrected chi connectivity index (χ4v) is 6.06. The van der Waals surface area contributed by atoms with E-state index in [2.05, 4.69) is 36.1 Å². The van der Waals surface area contributed by atoms with Crippen molar-refractivity contribution >= 4 is 52.0 Å². The van der Waals surface area contributed by atoms with E-state index in [1.807, 2.05) is 36.6 Å². The third kappa shape index (κ3) is 7.32. The molecule has 3 heterocycles. The highest BCUT2D eigenvalue weighted by Crippen LogP contribution is 2.37. The number of para-hydroxylation sites is 1. The molecule has 2 amide bonds. The molecule has 0 aliphatic carbocycles. The number of carbonyl (C=O) groups is 2. The summed E-state index contributed by atoms with van der Waals surface area (Å²) in [5, 5.41) is 0. The molecule has 5 rings (SSSR count). The lowest BCUT2D eigenvalue weighted by Crippen LogP contribution is -2.39. The predicted octanol–water partition coefficient (Wildman–Crippen LogP) is 5.38. The molecule has 9 nitrogen and oxygen atoms in total. The number of fused-ring (bicyclic) bond motifs is 2. The minimum atomic E-state index is -0.515. The number of hydrogen-bond donors (Lipinski definition) is 0. The fourth-order valence-electron chi connectivity index (χ4n) is 5.15. The Hall–Kier alpha value is -3.72. The average molecular weight is 642 g/mol. The summed E-state index contributed by atoms with van der Waals surface area (Å²) in [6.07, 6.45) is 7.09. The van der Waals surface area contributed by atoms with E-state index in [1.54, 1.807) is 4.90 Å². The number of alkyl halides is 1. The summed E-state index contributed by atoms with van der Waals surface area (Å²) >= 11 is 6.92. The van der Waals surface area contributed by atoms with Crippen LogP contribution in [0, 0.1) is 30.5 Å². The molecule has 234 valence electrons. The van der Waals surface area contributed by atoms with Crippen molar-refractivity contribution in [2.24, 2.45) is 10.4 Å². The molecule has 0 saturated heterocycles. The molecule has 2 aromatic carbocycles. The number of anilines is 2. The second-order valence-electron chi connectivity index (χ2n) is 11.2. The molecule has 0 N–H and O–H groups in total. The molecule has 2 aliphatic rings. The number of benzene rings is 2. The van der Waals surface area contributed by atoms with Gasteiger partial charge in [0, 0.05) is 37.2 Å². The number of hydrogen-bond acceptors (Lipinski definition) is 7. The second-order valence-corrected chi connectivity index (χ2v) is 12.2. The zero-order valence-corrected chi connectivity index (χ0v) is 27.2. The van der Waals surface area contributed by atoms with E-state index < -0.39 is 5.82 Å². The van der Waals surface area contributed by atoms with Crippen LogP contribution in [0.15, 0.2) is 35.3 Å². The zero-order chi connectivity index (χ0) is 32.0. The quantitative estimate of drug-likeness (QED) is 0.187. The standard InChI is InChI=1S/C18H17FN4O2S.C14H20ClNO2/c1-4-5-22-13-7-12(11(19)6-14(13)25-9-16(22)24)20-17-23-10-18(2,3)8-15(23)21-26-17;1-4-12-8-6-7-11(3)14(12)16(10-18-5-2)13(17)9-15/h1,6-7H,5,8-10H2,2-3H3;6-8H,4-5,9-10H2,1-3H3. The predicted molar refractivity (Wildman–Crippen MR) is 171 cm³/mol. The van der Waals surface area contributed by atoms with Crippen molar-refractivity contribution in [2.45, 2.75) is 54.0 Å². The highest BCUT2D eigenvalue weighted by Gasteiger charge is 2.31. The first-order valence-corrected chi connectivity index (χ1v) is 15.7. The first-order valence-electron chi connectivity index (χ1n) is 14.4. The van der Waals surface area contributed by atoms with E-state index in [9.17, 15) is 14.0 Å². The minimum Gasteiger partial charge on any atom is -0.481 e. The lowest BCUT2D eigenvalue weighted by Gasteiger charge is -2.28. The Bertz CT molecular complexity index is 1640. The summed E-state index contributed by atoms with van der Waals surface area (Å²) in [5.41, 5.74) is 3.80. The SMILES string of the molecule is C#CCN1C(=O)COc2cc(F)c(N=c3snc4n3CC(C)(C)C4)cc21.CCOCN(C(=O)CCl)c1c(C)cccc1CC. The molecule has 0 fully saturated rings. The Kier molecular flexibility index (Phi) is 10.8. The number of amides is 2. The van der Waals surface area contributed by atoms with Crippen LogP contribution in [-0.4, -0.2) is 53.1 Å². The van der Waals surface area contributed by atoms with Gasteiger partial charge in [-0.3, -0.25) is 19.4 Å². The van der Waals surface area contributed by atoms with Gasteiger partial charge in [-0.2, -0.15) is 4.37 Å². The van der Waals surface area contributed by atoms with Gasteiger partial charge < -0.3 is 14.0 Å². The van der Waals surface area contributed by atoms with Crippen LogP contribution in [0.3, 0.4) is 0 Å². The van der Waals surface area contributed by atoms with Crippen molar-refractivity contribution in [3.05, 3.63) is 57.9 Å². The van der Waals surface area contributed by atoms with E-state index in [-0.39, 0.29) is 48.7 Å². The van der Waals surface area contributed by atoms with Crippen LogP contribution < -0.4 is 19.3 Å². The molecule has 0 atom stereocenters. The van der Waals surface area contributed by atoms with Crippen LogP contribution in [0.5, 0.6) is 5.75 Å². The Morgan fingerprint density at radius 2 is 2.11 bits per heavy atom. The van der Waals surface area contributed by atoms with E-state index >= 15 is 0 Å². The third-order valence-corrected chi connectivity index (χ3v) is 8.25. The Morgan fingerprint density at radius 3 is 2.80 bits per heavy atom. The van der Waals surface area contributed by atoms with Crippen LogP contribution in [0.4, 0.5) is 21.5 Å². The molecule has 3 aromatic rings. The maximum atomic E-state index is 14.5. The number of terminal acetylenes is 1. The van der Waals surface area contributed by atoms with Gasteiger partial charge in [-0.15, -0.1) is 18.0 Å². The van der Waals surface area contributed by atoms with E-state index in [4.69, 9.17) is 27.5 Å². The smallest absolute Gasteiger partial charge is 0.265 e. The van der Waals surface area contributed by atoms with Crippen molar-refractivity contribution in [3.8, 4) is 18.1 Å². The summed E-state index contributed by atoms with van der Waals surface area (Å²) in [6.45, 7) is 11.8. The molecule has 12 heteroatoms. The van der Waals surface area contributed by atoms with Gasteiger partial charge in [-0.25, -0.2) is 9.38 Å². The highest BCUT2D eigenvalue weighted by molar-refractivity contribution is 7.02. The van der Waals surface area contributed by atoms with E-state index in [0.29, 0.717) is 22.8 Å². The molecule has 1 aromatic heterocycles. The van der Waals surface area contributed by atoms with Gasteiger partial charge >= 0.3 is 0 Å². The zero-order valence-electron chi connectivity index (χ0n) is 25.7. The lowest BCUT2D eigenvalue weighted by molar-refractivity contribution is -0.121. The Balaban J connectivity index is 0.000000217. The van der Waals surface area contributed by atoms with Crippen LogP contribution in [0.2, 0.25) is 0 Å². The van der Waals surface area contributed by atoms with Gasteiger partial charge in [-0.1, -0.05) is 44.9 Å². The van der Waals surface area contributed by atoms with Crippen molar-refractivity contribution in [1.29, 1.82) is 0 Å². The van der Waals surface area contributed by atoms with E-state index in [0.717, 1.165) is 42.0 Å². The summed E-state index contributed by atoms with van der Waals surface area (Å²) in [5.74, 6) is 2.75. The fraction of sp³-hybridized carbons (Fsp3) is 0.438. The maximum Gasteiger partial charge on any atom is 0.265 e. The monoisotopic (exact) mass is 641 g/mol. The van der Waals surface area contributed by atoms with Gasteiger partial charge in [0.05, 0.1) is 17.9 Å². The number of halogens is 2. The van der Waals surface area contributed by atoms with Crippen LogP contribution in [0.25, 0.3) is 0 Å². The summed E-state index contributed by atoms with van der Waals surface area (Å²) in [6, 6.07) is 8.78. The van der Waals surface area contributed by atoms with Gasteiger partial charge in [0.15, 0.2) is 12.4 Å². The maximum absolute atomic E-state index is 14.5. The number of ether oxygens (including phenoxy) is 2. The van der Waals surface area contributed by atoms with Crippen LogP contribution >= 0.6 is 23.1 Å². The first kappa shape index (κ1) is 33.2. The topological polar surface area (TPSA) is 89.3 Å². The highest BCUT2D eigenvalue weighted by atomic mass is 35.5. The van der Waals surface area contributed by atoms with Gasteiger partial charge in [0.2, 0.25) is 10.7 Å². The number of aryl methyl sites for hydroxylation is 2. The normalized spacial score (nSPS) is 15.1. The molecular formula is C32H37ClFN5O4S. The summed E-state index contributed by atoms with van der Waals surface area (Å²) in [7, 11) is 0. The van der Waals surface area contributed by atoms with Crippen molar-refractivity contribution in [3.63, 3.8) is 0 Å². The molecule has 0 spiro atoms. The molecule has 2 aliphatic heterocycles. The molecular weight excluding hydrogens is 605 g/mol. The summed E-state index contributed by atoms with van der Waals surface area (Å²) < 4.78 is 31.7. The van der Waals surface area contributed by atoms with Crippen molar-refractivity contribution in [1.82, 2.24) is 8.94 Å². The number of nitrogens with zero attached hydrogens (tertiary/aromatic N) is 5. The number of carbonyl (C=O) groups excluding carboxylic acids is 2. The van der Waals surface area contributed by atoms with Crippen LogP contribution in [-0.2, 0) is 33.7 Å². The first-order chi connectivity index (χ1) is 21.0. The number of rotatable bonds is 8. The van der Waals surface area contributed by atoms with Gasteiger partial charge in [-0.05, 0) is 42.9 Å². The van der Waals surface area contributed by atoms with Gasteiger partial charge in [0.25, 0.3) is 5.91 Å². The Morgan fingerprint density at radius 1 is 1.34 bits per heavy atom. The van der Waals surface area contributed by atoms with Crippen LogP contribution in [0.1, 0.15) is 44.6 Å².